The Bertz CT molecular complexity index is 1050. The summed E-state index contributed by atoms with van der Waals surface area (Å²) in [4.78, 5) is 16.5. The van der Waals surface area contributed by atoms with Gasteiger partial charge >= 0.3 is 0 Å². The van der Waals surface area contributed by atoms with Crippen molar-refractivity contribution in [2.75, 3.05) is 0 Å². The molecule has 0 spiro atoms. The summed E-state index contributed by atoms with van der Waals surface area (Å²) >= 11 is 0. The highest BCUT2D eigenvalue weighted by Gasteiger charge is 2.15. The summed E-state index contributed by atoms with van der Waals surface area (Å²) in [6.45, 7) is 2.50. The Hall–Kier alpha value is -3.03. The van der Waals surface area contributed by atoms with Crippen molar-refractivity contribution >= 4 is 15.9 Å². The Morgan fingerprint density at radius 2 is 1.64 bits per heavy atom. The largest absolute Gasteiger partial charge is 0.348 e. The molecule has 0 radical (unpaired) electrons. The van der Waals surface area contributed by atoms with Crippen LogP contribution in [0.5, 0.6) is 0 Å². The Labute approximate surface area is 164 Å². The van der Waals surface area contributed by atoms with Crippen LogP contribution in [-0.4, -0.2) is 19.3 Å². The molecule has 1 amide bonds. The van der Waals surface area contributed by atoms with Crippen LogP contribution in [-0.2, 0) is 23.1 Å². The average Bonchev–Trinajstić information content (AvgIpc) is 2.72. The predicted molar refractivity (Wildman–Crippen MR) is 107 cm³/mol. The number of amides is 1. The first-order valence-corrected chi connectivity index (χ1v) is 10.3. The van der Waals surface area contributed by atoms with Crippen molar-refractivity contribution in [1.82, 2.24) is 15.0 Å². The Morgan fingerprint density at radius 3 is 2.32 bits per heavy atom. The van der Waals surface area contributed by atoms with Gasteiger partial charge in [-0.25, -0.2) is 13.1 Å². The van der Waals surface area contributed by atoms with Crippen molar-refractivity contribution in [3.05, 3.63) is 95.3 Å². The molecular formula is C21H21N3O3S. The number of hydrogen-bond donors (Lipinski definition) is 2. The summed E-state index contributed by atoms with van der Waals surface area (Å²) in [7, 11) is -3.68. The summed E-state index contributed by atoms with van der Waals surface area (Å²) in [5.74, 6) is -0.256. The second-order valence-electron chi connectivity index (χ2n) is 6.28. The fraction of sp³-hybridized carbons (Fsp3) is 0.143. The Kier molecular flexibility index (Phi) is 6.18. The highest BCUT2D eigenvalue weighted by Crippen LogP contribution is 2.12. The normalized spacial score (nSPS) is 11.2. The van der Waals surface area contributed by atoms with Crippen molar-refractivity contribution in [3.8, 4) is 0 Å². The third-order valence-corrected chi connectivity index (χ3v) is 5.71. The number of sulfonamides is 1. The summed E-state index contributed by atoms with van der Waals surface area (Å²) in [5.41, 5.74) is 3.16. The lowest BCUT2D eigenvalue weighted by Crippen LogP contribution is -2.25. The van der Waals surface area contributed by atoms with Gasteiger partial charge in [0.05, 0.1) is 17.1 Å². The van der Waals surface area contributed by atoms with E-state index >= 15 is 0 Å². The molecule has 144 valence electrons. The number of carbonyl (C=O) groups is 1. The fourth-order valence-corrected chi connectivity index (χ4v) is 3.63. The van der Waals surface area contributed by atoms with E-state index in [9.17, 15) is 13.2 Å². The highest BCUT2D eigenvalue weighted by atomic mass is 32.2. The number of aryl methyl sites for hydroxylation is 1. The molecule has 7 heteroatoms. The van der Waals surface area contributed by atoms with Crippen molar-refractivity contribution in [2.24, 2.45) is 0 Å². The zero-order valence-electron chi connectivity index (χ0n) is 15.4. The van der Waals surface area contributed by atoms with Crippen molar-refractivity contribution in [1.29, 1.82) is 0 Å². The van der Waals surface area contributed by atoms with Crippen LogP contribution in [0.4, 0.5) is 0 Å². The maximum absolute atomic E-state index is 12.4. The van der Waals surface area contributed by atoms with Gasteiger partial charge in [-0.1, -0.05) is 30.3 Å². The Balaban J connectivity index is 1.62. The molecule has 0 unspecified atom stereocenters. The van der Waals surface area contributed by atoms with E-state index in [1.807, 2.05) is 31.2 Å². The number of rotatable bonds is 7. The van der Waals surface area contributed by atoms with E-state index in [1.54, 1.807) is 24.4 Å². The van der Waals surface area contributed by atoms with Gasteiger partial charge < -0.3 is 5.32 Å². The van der Waals surface area contributed by atoms with Crippen LogP contribution in [0.2, 0.25) is 0 Å². The lowest BCUT2D eigenvalue weighted by Gasteiger charge is -2.09. The van der Waals surface area contributed by atoms with Crippen LogP contribution in [0.1, 0.15) is 27.2 Å². The molecule has 28 heavy (non-hydrogen) atoms. The molecule has 0 atom stereocenters. The molecule has 2 aromatic carbocycles. The van der Waals surface area contributed by atoms with Crippen molar-refractivity contribution in [3.63, 3.8) is 0 Å². The van der Waals surface area contributed by atoms with E-state index in [4.69, 9.17) is 0 Å². The van der Waals surface area contributed by atoms with E-state index in [0.29, 0.717) is 17.8 Å². The summed E-state index contributed by atoms with van der Waals surface area (Å²) < 4.78 is 27.3. The smallest absolute Gasteiger partial charge is 0.251 e. The second kappa shape index (κ2) is 8.77. The van der Waals surface area contributed by atoms with Crippen LogP contribution in [0.3, 0.4) is 0 Å². The van der Waals surface area contributed by atoms with Crippen LogP contribution >= 0.6 is 0 Å². The lowest BCUT2D eigenvalue weighted by atomic mass is 10.1. The third kappa shape index (κ3) is 5.03. The molecule has 0 aliphatic heterocycles. The molecular weight excluding hydrogens is 374 g/mol. The minimum atomic E-state index is -3.68. The molecule has 2 N–H and O–H groups in total. The number of nitrogens with one attached hydrogen (secondary N) is 2. The van der Waals surface area contributed by atoms with Crippen LogP contribution in [0.25, 0.3) is 0 Å². The van der Waals surface area contributed by atoms with Gasteiger partial charge in [0.25, 0.3) is 5.91 Å². The first kappa shape index (κ1) is 19.7. The average molecular weight is 395 g/mol. The van der Waals surface area contributed by atoms with Gasteiger partial charge in [0.15, 0.2) is 0 Å². The monoisotopic (exact) mass is 395 g/mol. The summed E-state index contributed by atoms with van der Waals surface area (Å²) in [6, 6.07) is 19.0. The predicted octanol–water partition coefficient (Wildman–Crippen LogP) is 2.80. The Morgan fingerprint density at radius 1 is 0.929 bits per heavy atom. The van der Waals surface area contributed by atoms with E-state index in [2.05, 4.69) is 15.0 Å². The number of nitrogens with zero attached hydrogens (tertiary/aromatic N) is 1. The standard InChI is InChI=1S/C21H21N3O3S/c1-16-6-2-3-7-18(16)14-23-21(25)17-9-11-20(12-10-17)28(26,27)24-15-19-8-4-5-13-22-19/h2-13,24H,14-15H2,1H3,(H,23,25). The zero-order valence-corrected chi connectivity index (χ0v) is 16.2. The maximum atomic E-state index is 12.4. The molecule has 6 nitrogen and oxygen atoms in total. The molecule has 0 fully saturated rings. The van der Waals surface area contributed by atoms with Crippen LogP contribution in [0.15, 0.2) is 77.8 Å². The summed E-state index contributed by atoms with van der Waals surface area (Å²) in [5, 5.41) is 2.85. The molecule has 1 aromatic heterocycles. The van der Waals surface area contributed by atoms with Gasteiger partial charge in [0, 0.05) is 18.3 Å². The number of carbonyl (C=O) groups excluding carboxylic acids is 1. The lowest BCUT2D eigenvalue weighted by molar-refractivity contribution is 0.0951. The molecule has 0 bridgehead atoms. The van der Waals surface area contributed by atoms with Gasteiger partial charge in [-0.15, -0.1) is 0 Å². The third-order valence-electron chi connectivity index (χ3n) is 4.30. The second-order valence-corrected chi connectivity index (χ2v) is 8.05. The van der Waals surface area contributed by atoms with Crippen LogP contribution in [0, 0.1) is 6.92 Å². The van der Waals surface area contributed by atoms with Gasteiger partial charge in [-0.3, -0.25) is 9.78 Å². The van der Waals surface area contributed by atoms with Gasteiger partial charge in [0.2, 0.25) is 10.0 Å². The van der Waals surface area contributed by atoms with E-state index in [-0.39, 0.29) is 17.3 Å². The number of pyridine rings is 1. The molecule has 0 aliphatic rings. The SMILES string of the molecule is Cc1ccccc1CNC(=O)c1ccc(S(=O)(=O)NCc2ccccn2)cc1. The number of benzene rings is 2. The van der Waals surface area contributed by atoms with E-state index < -0.39 is 10.0 Å². The molecule has 0 saturated heterocycles. The number of hydrogen-bond acceptors (Lipinski definition) is 4. The van der Waals surface area contributed by atoms with Crippen LogP contribution < -0.4 is 10.0 Å². The molecule has 0 saturated carbocycles. The van der Waals surface area contributed by atoms with Gasteiger partial charge in [-0.2, -0.15) is 0 Å². The minimum Gasteiger partial charge on any atom is -0.348 e. The maximum Gasteiger partial charge on any atom is 0.251 e. The summed E-state index contributed by atoms with van der Waals surface area (Å²) in [6.07, 6.45) is 1.61. The van der Waals surface area contributed by atoms with Crippen molar-refractivity contribution in [2.45, 2.75) is 24.9 Å². The minimum absolute atomic E-state index is 0.0962. The first-order valence-electron chi connectivity index (χ1n) is 8.78. The molecule has 3 rings (SSSR count). The number of aromatic nitrogens is 1. The van der Waals surface area contributed by atoms with Gasteiger partial charge in [-0.05, 0) is 54.4 Å². The van der Waals surface area contributed by atoms with E-state index in [1.165, 1.54) is 24.3 Å². The van der Waals surface area contributed by atoms with Gasteiger partial charge in [0.1, 0.15) is 0 Å². The molecule has 3 aromatic rings. The quantitative estimate of drug-likeness (QED) is 0.644. The molecule has 0 aliphatic carbocycles. The zero-order chi connectivity index (χ0) is 20.0. The highest BCUT2D eigenvalue weighted by molar-refractivity contribution is 7.89. The van der Waals surface area contributed by atoms with Crippen molar-refractivity contribution < 1.29 is 13.2 Å². The first-order chi connectivity index (χ1) is 13.5. The molecule has 1 heterocycles. The van der Waals surface area contributed by atoms with E-state index in [0.717, 1.165) is 11.1 Å². The fourth-order valence-electron chi connectivity index (χ4n) is 2.63. The topological polar surface area (TPSA) is 88.2 Å².